The maximum absolute atomic E-state index is 10.1. The molecule has 0 aromatic heterocycles. The monoisotopic (exact) mass is 243 g/mol. The second kappa shape index (κ2) is 5.68. The van der Waals surface area contributed by atoms with Gasteiger partial charge in [-0.2, -0.15) is 0 Å². The first-order valence-electron chi connectivity index (χ1n) is 6.78. The number of aliphatic hydroxyl groups excluding tert-OH is 1. The van der Waals surface area contributed by atoms with Gasteiger partial charge in [-0.3, -0.25) is 0 Å². The number of hydrogen-bond acceptors (Lipinski definition) is 3. The van der Waals surface area contributed by atoms with Crippen LogP contribution in [0.4, 0.5) is 0 Å². The maximum atomic E-state index is 10.1. The quantitative estimate of drug-likeness (QED) is 0.804. The van der Waals surface area contributed by atoms with E-state index in [4.69, 9.17) is 4.74 Å². The van der Waals surface area contributed by atoms with E-state index in [9.17, 15) is 5.11 Å². The summed E-state index contributed by atoms with van der Waals surface area (Å²) in [5, 5.41) is 10.1. The zero-order valence-corrected chi connectivity index (χ0v) is 12.1. The van der Waals surface area contributed by atoms with Crippen LogP contribution in [0.15, 0.2) is 0 Å². The molecule has 1 N–H and O–H groups in total. The molecule has 1 atom stereocenters. The number of rotatable bonds is 5. The molecular formula is C14H29NO2. The standard InChI is InChI=1S/C14H29NO2/c1-6-14(4)7-9-15(10-8-14)11-12(16)13(2,3)17-5/h12,16H,6-11H2,1-5H3. The summed E-state index contributed by atoms with van der Waals surface area (Å²) in [6.07, 6.45) is 3.32. The molecule has 0 aromatic rings. The van der Waals surface area contributed by atoms with Gasteiger partial charge in [-0.05, 0) is 45.2 Å². The van der Waals surface area contributed by atoms with Gasteiger partial charge in [0.05, 0.1) is 11.7 Å². The average molecular weight is 243 g/mol. The molecule has 0 radical (unpaired) electrons. The fourth-order valence-corrected chi connectivity index (χ4v) is 2.23. The summed E-state index contributed by atoms with van der Waals surface area (Å²) in [4.78, 5) is 2.36. The zero-order valence-electron chi connectivity index (χ0n) is 12.1. The predicted molar refractivity (Wildman–Crippen MR) is 71.2 cm³/mol. The number of ether oxygens (including phenoxy) is 1. The van der Waals surface area contributed by atoms with Crippen LogP contribution in [0.2, 0.25) is 0 Å². The number of piperidine rings is 1. The molecule has 1 unspecified atom stereocenters. The van der Waals surface area contributed by atoms with E-state index in [-0.39, 0.29) is 0 Å². The lowest BCUT2D eigenvalue weighted by Gasteiger charge is -2.41. The van der Waals surface area contributed by atoms with Crippen molar-refractivity contribution >= 4 is 0 Å². The van der Waals surface area contributed by atoms with Crippen LogP contribution in [0.25, 0.3) is 0 Å². The molecule has 102 valence electrons. The van der Waals surface area contributed by atoms with E-state index in [2.05, 4.69) is 18.7 Å². The zero-order chi connectivity index (χ0) is 13.1. The summed E-state index contributed by atoms with van der Waals surface area (Å²) in [6, 6.07) is 0. The summed E-state index contributed by atoms with van der Waals surface area (Å²) in [5.74, 6) is 0. The normalized spacial score (nSPS) is 23.6. The van der Waals surface area contributed by atoms with Gasteiger partial charge in [0.25, 0.3) is 0 Å². The Morgan fingerprint density at radius 2 is 1.88 bits per heavy atom. The predicted octanol–water partition coefficient (Wildman–Crippen LogP) is 2.28. The molecule has 0 amide bonds. The van der Waals surface area contributed by atoms with E-state index in [0.717, 1.165) is 19.6 Å². The molecule has 1 aliphatic rings. The Bertz CT molecular complexity index is 232. The highest BCUT2D eigenvalue weighted by Gasteiger charge is 2.33. The summed E-state index contributed by atoms with van der Waals surface area (Å²) in [5.41, 5.74) is 0.0593. The SMILES string of the molecule is CCC1(C)CCN(CC(O)C(C)(C)OC)CC1. The van der Waals surface area contributed by atoms with Crippen LogP contribution < -0.4 is 0 Å². The summed E-state index contributed by atoms with van der Waals surface area (Å²) in [6.45, 7) is 11.5. The van der Waals surface area contributed by atoms with Crippen molar-refractivity contribution in [3.05, 3.63) is 0 Å². The lowest BCUT2D eigenvalue weighted by molar-refractivity contribution is -0.0912. The lowest BCUT2D eigenvalue weighted by atomic mass is 9.78. The number of nitrogens with zero attached hydrogens (tertiary/aromatic N) is 1. The van der Waals surface area contributed by atoms with Crippen LogP contribution in [0.5, 0.6) is 0 Å². The van der Waals surface area contributed by atoms with Crippen LogP contribution in [0.1, 0.15) is 47.0 Å². The van der Waals surface area contributed by atoms with Gasteiger partial charge in [-0.15, -0.1) is 0 Å². The first kappa shape index (κ1) is 14.9. The van der Waals surface area contributed by atoms with Gasteiger partial charge in [0, 0.05) is 13.7 Å². The van der Waals surface area contributed by atoms with Gasteiger partial charge in [0.15, 0.2) is 0 Å². The van der Waals surface area contributed by atoms with E-state index in [1.807, 2.05) is 13.8 Å². The van der Waals surface area contributed by atoms with Crippen LogP contribution in [0, 0.1) is 5.41 Å². The fourth-order valence-electron chi connectivity index (χ4n) is 2.23. The van der Waals surface area contributed by atoms with Gasteiger partial charge in [-0.25, -0.2) is 0 Å². The molecule has 0 bridgehead atoms. The molecule has 1 rings (SSSR count). The Hall–Kier alpha value is -0.120. The highest BCUT2D eigenvalue weighted by Crippen LogP contribution is 2.34. The van der Waals surface area contributed by atoms with E-state index < -0.39 is 11.7 Å². The van der Waals surface area contributed by atoms with Crippen LogP contribution >= 0.6 is 0 Å². The van der Waals surface area contributed by atoms with Crippen molar-refractivity contribution < 1.29 is 9.84 Å². The topological polar surface area (TPSA) is 32.7 Å². The van der Waals surface area contributed by atoms with Crippen molar-refractivity contribution in [2.75, 3.05) is 26.7 Å². The molecule has 3 nitrogen and oxygen atoms in total. The Labute approximate surface area is 106 Å². The highest BCUT2D eigenvalue weighted by atomic mass is 16.5. The van der Waals surface area contributed by atoms with Crippen molar-refractivity contribution in [1.29, 1.82) is 0 Å². The van der Waals surface area contributed by atoms with Crippen molar-refractivity contribution in [3.8, 4) is 0 Å². The molecule has 1 saturated heterocycles. The van der Waals surface area contributed by atoms with E-state index >= 15 is 0 Å². The lowest BCUT2D eigenvalue weighted by Crippen LogP contribution is -2.49. The molecule has 0 aliphatic carbocycles. The molecule has 0 saturated carbocycles. The van der Waals surface area contributed by atoms with Crippen LogP contribution in [-0.2, 0) is 4.74 Å². The van der Waals surface area contributed by atoms with E-state index in [1.165, 1.54) is 19.3 Å². The smallest absolute Gasteiger partial charge is 0.0950 e. The average Bonchev–Trinajstić information content (AvgIpc) is 2.32. The highest BCUT2D eigenvalue weighted by molar-refractivity contribution is 4.86. The Morgan fingerprint density at radius 1 is 1.35 bits per heavy atom. The molecular weight excluding hydrogens is 214 g/mol. The van der Waals surface area contributed by atoms with E-state index in [0.29, 0.717) is 5.41 Å². The minimum atomic E-state index is -0.453. The van der Waals surface area contributed by atoms with Crippen molar-refractivity contribution in [3.63, 3.8) is 0 Å². The second-order valence-electron chi connectivity index (χ2n) is 6.29. The van der Waals surface area contributed by atoms with Gasteiger partial charge in [0.1, 0.15) is 0 Å². The van der Waals surface area contributed by atoms with Gasteiger partial charge >= 0.3 is 0 Å². The Balaban J connectivity index is 2.41. The number of β-amino-alcohol motifs (C(OH)–C–C–N with tert-alkyl or cyclic N) is 1. The Morgan fingerprint density at radius 3 is 2.29 bits per heavy atom. The number of methoxy groups -OCH3 is 1. The molecule has 3 heteroatoms. The third-order valence-electron chi connectivity index (χ3n) is 4.68. The van der Waals surface area contributed by atoms with Crippen LogP contribution in [0.3, 0.4) is 0 Å². The largest absolute Gasteiger partial charge is 0.389 e. The second-order valence-corrected chi connectivity index (χ2v) is 6.29. The molecule has 1 heterocycles. The summed E-state index contributed by atoms with van der Waals surface area (Å²) < 4.78 is 5.33. The number of aliphatic hydroxyl groups is 1. The fraction of sp³-hybridized carbons (Fsp3) is 1.00. The maximum Gasteiger partial charge on any atom is 0.0950 e. The van der Waals surface area contributed by atoms with Crippen molar-refractivity contribution in [1.82, 2.24) is 4.90 Å². The third-order valence-corrected chi connectivity index (χ3v) is 4.68. The Kier molecular flexibility index (Phi) is 4.99. The summed E-state index contributed by atoms with van der Waals surface area (Å²) >= 11 is 0. The van der Waals surface area contributed by atoms with Gasteiger partial charge in [-0.1, -0.05) is 20.3 Å². The minimum absolute atomic E-state index is 0.418. The summed E-state index contributed by atoms with van der Waals surface area (Å²) in [7, 11) is 1.66. The van der Waals surface area contributed by atoms with Crippen molar-refractivity contribution in [2.24, 2.45) is 5.41 Å². The van der Waals surface area contributed by atoms with Gasteiger partial charge in [0.2, 0.25) is 0 Å². The molecule has 0 aromatic carbocycles. The first-order valence-corrected chi connectivity index (χ1v) is 6.78. The number of hydrogen-bond donors (Lipinski definition) is 1. The van der Waals surface area contributed by atoms with Gasteiger partial charge < -0.3 is 14.7 Å². The van der Waals surface area contributed by atoms with Crippen LogP contribution in [-0.4, -0.2) is 48.5 Å². The minimum Gasteiger partial charge on any atom is -0.389 e. The first-order chi connectivity index (χ1) is 7.83. The molecule has 1 aliphatic heterocycles. The molecule has 17 heavy (non-hydrogen) atoms. The number of likely N-dealkylation sites (tertiary alicyclic amines) is 1. The molecule has 0 spiro atoms. The van der Waals surface area contributed by atoms with Crippen molar-refractivity contribution in [2.45, 2.75) is 58.7 Å². The molecule has 1 fully saturated rings. The third kappa shape index (κ3) is 3.94. The van der Waals surface area contributed by atoms with E-state index in [1.54, 1.807) is 7.11 Å².